The van der Waals surface area contributed by atoms with Crippen LogP contribution in [0.2, 0.25) is 0 Å². The van der Waals surface area contributed by atoms with Crippen molar-refractivity contribution in [3.63, 3.8) is 0 Å². The number of hydrogen-bond donors (Lipinski definition) is 1. The predicted octanol–water partition coefficient (Wildman–Crippen LogP) is 2.58. The molecule has 1 aromatic rings. The van der Waals surface area contributed by atoms with Gasteiger partial charge in [-0.25, -0.2) is 0 Å². The van der Waals surface area contributed by atoms with Gasteiger partial charge in [0.05, 0.1) is 0 Å². The van der Waals surface area contributed by atoms with E-state index in [1.54, 1.807) is 0 Å². The second-order valence-corrected chi connectivity index (χ2v) is 4.40. The summed E-state index contributed by atoms with van der Waals surface area (Å²) in [5, 5.41) is 3.50. The third kappa shape index (κ3) is 2.56. The van der Waals surface area contributed by atoms with Crippen molar-refractivity contribution < 1.29 is 0 Å². The molecule has 2 rings (SSSR count). The maximum atomic E-state index is 3.50. The highest BCUT2D eigenvalue weighted by atomic mass is 14.9. The van der Waals surface area contributed by atoms with E-state index in [0.29, 0.717) is 5.41 Å². The van der Waals surface area contributed by atoms with Gasteiger partial charge in [-0.15, -0.1) is 0 Å². The minimum atomic E-state index is 0.620. The summed E-state index contributed by atoms with van der Waals surface area (Å²) < 4.78 is 0. The number of benzene rings is 1. The van der Waals surface area contributed by atoms with E-state index in [-0.39, 0.29) is 0 Å². The van der Waals surface area contributed by atoms with E-state index < -0.39 is 0 Å². The molecule has 0 aromatic heterocycles. The van der Waals surface area contributed by atoms with Crippen LogP contribution in [-0.4, -0.2) is 6.54 Å². The lowest BCUT2D eigenvalue weighted by Gasteiger charge is -2.09. The van der Waals surface area contributed by atoms with E-state index in [9.17, 15) is 0 Å². The highest BCUT2D eigenvalue weighted by molar-refractivity contribution is 5.14. The van der Waals surface area contributed by atoms with Crippen LogP contribution in [0.1, 0.15) is 25.3 Å². The van der Waals surface area contributed by atoms with Crippen LogP contribution >= 0.6 is 0 Å². The van der Waals surface area contributed by atoms with Gasteiger partial charge in [-0.2, -0.15) is 0 Å². The zero-order valence-electron chi connectivity index (χ0n) is 8.22. The van der Waals surface area contributed by atoms with Crippen LogP contribution in [0.25, 0.3) is 0 Å². The van der Waals surface area contributed by atoms with Gasteiger partial charge in [0.25, 0.3) is 0 Å². The molecule has 1 aliphatic carbocycles. The second kappa shape index (κ2) is 3.51. The first kappa shape index (κ1) is 8.76. The largest absolute Gasteiger partial charge is 0.312 e. The van der Waals surface area contributed by atoms with Crippen LogP contribution in [0.3, 0.4) is 0 Å². The summed E-state index contributed by atoms with van der Waals surface area (Å²) in [5.41, 5.74) is 2.00. The van der Waals surface area contributed by atoms with Gasteiger partial charge in [-0.05, 0) is 23.8 Å². The molecule has 70 valence electrons. The first-order chi connectivity index (χ1) is 6.29. The topological polar surface area (TPSA) is 12.0 Å². The van der Waals surface area contributed by atoms with E-state index in [0.717, 1.165) is 6.54 Å². The summed E-state index contributed by atoms with van der Waals surface area (Å²) in [6.07, 6.45) is 2.80. The Balaban J connectivity index is 1.74. The third-order valence-electron chi connectivity index (χ3n) is 2.83. The number of hydrogen-bond acceptors (Lipinski definition) is 1. The highest BCUT2D eigenvalue weighted by Crippen LogP contribution is 2.44. The Kier molecular flexibility index (Phi) is 2.36. The maximum Gasteiger partial charge on any atom is 0.0205 e. The van der Waals surface area contributed by atoms with Gasteiger partial charge in [0.15, 0.2) is 0 Å². The second-order valence-electron chi connectivity index (χ2n) is 4.40. The van der Waals surface area contributed by atoms with Gasteiger partial charge in [-0.3, -0.25) is 0 Å². The normalized spacial score (nSPS) is 18.5. The van der Waals surface area contributed by atoms with Crippen molar-refractivity contribution in [3.05, 3.63) is 35.9 Å². The molecule has 1 heteroatoms. The van der Waals surface area contributed by atoms with Crippen LogP contribution in [0.5, 0.6) is 0 Å². The SMILES string of the molecule is CC1(CNCc2ccccc2)CC1. The molecule has 1 nitrogen and oxygen atoms in total. The van der Waals surface area contributed by atoms with E-state index in [1.807, 2.05) is 0 Å². The summed E-state index contributed by atoms with van der Waals surface area (Å²) in [7, 11) is 0. The van der Waals surface area contributed by atoms with Gasteiger partial charge < -0.3 is 5.32 Å². The Morgan fingerprint density at radius 1 is 1.23 bits per heavy atom. The van der Waals surface area contributed by atoms with E-state index in [4.69, 9.17) is 0 Å². The summed E-state index contributed by atoms with van der Waals surface area (Å²) in [6.45, 7) is 4.53. The number of rotatable bonds is 4. The first-order valence-corrected chi connectivity index (χ1v) is 5.03. The zero-order valence-corrected chi connectivity index (χ0v) is 8.22. The standard InChI is InChI=1S/C12H17N/c1-12(7-8-12)10-13-9-11-5-3-2-4-6-11/h2-6,13H,7-10H2,1H3. The highest BCUT2D eigenvalue weighted by Gasteiger charge is 2.36. The smallest absolute Gasteiger partial charge is 0.0205 e. The summed E-state index contributed by atoms with van der Waals surface area (Å²) in [5.74, 6) is 0. The third-order valence-corrected chi connectivity index (χ3v) is 2.83. The molecular weight excluding hydrogens is 158 g/mol. The Bertz CT molecular complexity index is 262. The lowest BCUT2D eigenvalue weighted by molar-refractivity contribution is 0.499. The van der Waals surface area contributed by atoms with Gasteiger partial charge in [0, 0.05) is 13.1 Å². The minimum Gasteiger partial charge on any atom is -0.312 e. The van der Waals surface area contributed by atoms with Crippen LogP contribution in [0, 0.1) is 5.41 Å². The minimum absolute atomic E-state index is 0.620. The maximum absolute atomic E-state index is 3.50. The lowest BCUT2D eigenvalue weighted by Crippen LogP contribution is -2.21. The Labute approximate surface area is 80.2 Å². The molecular formula is C12H17N. The summed E-state index contributed by atoms with van der Waals surface area (Å²) >= 11 is 0. The molecule has 1 saturated carbocycles. The molecule has 0 unspecified atom stereocenters. The average molecular weight is 175 g/mol. The Morgan fingerprint density at radius 3 is 2.54 bits per heavy atom. The van der Waals surface area contributed by atoms with Crippen molar-refractivity contribution in [2.75, 3.05) is 6.54 Å². The summed E-state index contributed by atoms with van der Waals surface area (Å²) in [4.78, 5) is 0. The van der Waals surface area contributed by atoms with E-state index >= 15 is 0 Å². The van der Waals surface area contributed by atoms with Gasteiger partial charge in [0.1, 0.15) is 0 Å². The fourth-order valence-electron chi connectivity index (χ4n) is 1.49. The molecule has 13 heavy (non-hydrogen) atoms. The molecule has 0 atom stereocenters. The molecule has 0 saturated heterocycles. The molecule has 0 amide bonds. The van der Waals surface area contributed by atoms with Crippen LogP contribution in [0.4, 0.5) is 0 Å². The van der Waals surface area contributed by atoms with Crippen molar-refractivity contribution in [1.29, 1.82) is 0 Å². The molecule has 0 heterocycles. The van der Waals surface area contributed by atoms with Crippen LogP contribution < -0.4 is 5.32 Å². The van der Waals surface area contributed by atoms with Crippen molar-refractivity contribution in [2.24, 2.45) is 5.41 Å². The van der Waals surface area contributed by atoms with Gasteiger partial charge in [-0.1, -0.05) is 37.3 Å². The van der Waals surface area contributed by atoms with Gasteiger partial charge in [0.2, 0.25) is 0 Å². The molecule has 0 spiro atoms. The molecule has 1 fully saturated rings. The fraction of sp³-hybridized carbons (Fsp3) is 0.500. The molecule has 1 aliphatic rings. The first-order valence-electron chi connectivity index (χ1n) is 5.03. The predicted molar refractivity (Wildman–Crippen MR) is 55.5 cm³/mol. The van der Waals surface area contributed by atoms with Crippen LogP contribution in [0.15, 0.2) is 30.3 Å². The Hall–Kier alpha value is -0.820. The van der Waals surface area contributed by atoms with Crippen molar-refractivity contribution >= 4 is 0 Å². The van der Waals surface area contributed by atoms with Gasteiger partial charge >= 0.3 is 0 Å². The average Bonchev–Trinajstić information content (AvgIpc) is 2.86. The molecule has 1 aromatic carbocycles. The monoisotopic (exact) mass is 175 g/mol. The Morgan fingerprint density at radius 2 is 1.92 bits per heavy atom. The number of nitrogens with one attached hydrogen (secondary N) is 1. The zero-order chi connectivity index (χ0) is 9.15. The lowest BCUT2D eigenvalue weighted by atomic mass is 10.1. The van der Waals surface area contributed by atoms with Crippen molar-refractivity contribution in [2.45, 2.75) is 26.3 Å². The van der Waals surface area contributed by atoms with Crippen molar-refractivity contribution in [1.82, 2.24) is 5.32 Å². The van der Waals surface area contributed by atoms with E-state index in [2.05, 4.69) is 42.6 Å². The molecule has 0 bridgehead atoms. The summed E-state index contributed by atoms with van der Waals surface area (Å²) in [6, 6.07) is 10.6. The molecule has 0 radical (unpaired) electrons. The molecule has 1 N–H and O–H groups in total. The van der Waals surface area contributed by atoms with Crippen molar-refractivity contribution in [3.8, 4) is 0 Å². The molecule has 0 aliphatic heterocycles. The van der Waals surface area contributed by atoms with E-state index in [1.165, 1.54) is 24.9 Å². The quantitative estimate of drug-likeness (QED) is 0.741. The fourth-order valence-corrected chi connectivity index (χ4v) is 1.49. The van der Waals surface area contributed by atoms with Crippen LogP contribution in [-0.2, 0) is 6.54 Å².